The minimum Gasteiger partial charge on any atom is -0.0839 e. The van der Waals surface area contributed by atoms with E-state index in [1.165, 1.54) is 29.5 Å². The Labute approximate surface area is 145 Å². The molecule has 0 aromatic heterocycles. The van der Waals surface area contributed by atoms with Gasteiger partial charge in [0.2, 0.25) is 0 Å². The summed E-state index contributed by atoms with van der Waals surface area (Å²) in [5, 5.41) is 0. The van der Waals surface area contributed by atoms with Gasteiger partial charge in [-0.3, -0.25) is 0 Å². The minimum absolute atomic E-state index is 0.484. The Morgan fingerprint density at radius 3 is 1.67 bits per heavy atom. The zero-order chi connectivity index (χ0) is 16.5. The molecule has 0 aliphatic carbocycles. The molecule has 0 nitrogen and oxygen atoms in total. The number of rotatable bonds is 7. The average Bonchev–Trinajstić information content (AvgIpc) is 2.67. The molecule has 0 heteroatoms. The summed E-state index contributed by atoms with van der Waals surface area (Å²) in [5.41, 5.74) is 4.10. The molecule has 24 heavy (non-hydrogen) atoms. The standard InChI is InChI=1S/C24H24/c1-5-13-21(14-6-1)15-7-2-12-20-24(22-16-8-3-9-17-22)23-18-10-4-11-19-23/h1,3-11,13-19,24H,2,12,20H2/b15-7+. The van der Waals surface area contributed by atoms with Gasteiger partial charge in [0.1, 0.15) is 0 Å². The van der Waals surface area contributed by atoms with Gasteiger partial charge in [-0.1, -0.05) is 103 Å². The van der Waals surface area contributed by atoms with E-state index >= 15 is 0 Å². The highest BCUT2D eigenvalue weighted by atomic mass is 14.2. The minimum atomic E-state index is 0.484. The summed E-state index contributed by atoms with van der Waals surface area (Å²) in [4.78, 5) is 0. The van der Waals surface area contributed by atoms with Crippen molar-refractivity contribution in [2.45, 2.75) is 25.2 Å². The van der Waals surface area contributed by atoms with Crippen LogP contribution in [-0.4, -0.2) is 0 Å². The van der Waals surface area contributed by atoms with Crippen molar-refractivity contribution in [3.05, 3.63) is 114 Å². The molecule has 0 bridgehead atoms. The number of hydrogen-bond acceptors (Lipinski definition) is 0. The van der Waals surface area contributed by atoms with Crippen LogP contribution in [0.1, 0.15) is 41.9 Å². The smallest absolute Gasteiger partial charge is 0.00894 e. The predicted octanol–water partition coefficient (Wildman–Crippen LogP) is 6.70. The zero-order valence-corrected chi connectivity index (χ0v) is 14.0. The molecule has 0 aliphatic rings. The molecule has 120 valence electrons. The van der Waals surface area contributed by atoms with E-state index in [0.717, 1.165) is 6.42 Å². The molecule has 0 spiro atoms. The summed E-state index contributed by atoms with van der Waals surface area (Å²) in [6.45, 7) is 0. The van der Waals surface area contributed by atoms with E-state index in [4.69, 9.17) is 0 Å². The molecule has 0 amide bonds. The van der Waals surface area contributed by atoms with Crippen molar-refractivity contribution < 1.29 is 0 Å². The van der Waals surface area contributed by atoms with Gasteiger partial charge in [-0.05, 0) is 36.0 Å². The summed E-state index contributed by atoms with van der Waals surface area (Å²) < 4.78 is 0. The quantitative estimate of drug-likeness (QED) is 0.426. The van der Waals surface area contributed by atoms with Crippen molar-refractivity contribution in [2.24, 2.45) is 0 Å². The first-order valence-corrected chi connectivity index (χ1v) is 8.75. The molecule has 0 unspecified atom stereocenters. The molecule has 0 radical (unpaired) electrons. The molecular formula is C24H24. The maximum absolute atomic E-state index is 2.29. The highest BCUT2D eigenvalue weighted by molar-refractivity contribution is 5.48. The fraction of sp³-hybridized carbons (Fsp3) is 0.167. The Kier molecular flexibility index (Phi) is 6.02. The van der Waals surface area contributed by atoms with Crippen molar-refractivity contribution >= 4 is 6.08 Å². The SMILES string of the molecule is C(=C\c1ccccc1)/CCCC(c1ccccc1)c1ccccc1. The molecule has 3 aromatic carbocycles. The molecular weight excluding hydrogens is 288 g/mol. The lowest BCUT2D eigenvalue weighted by molar-refractivity contribution is 0.670. The fourth-order valence-electron chi connectivity index (χ4n) is 3.12. The van der Waals surface area contributed by atoms with Crippen molar-refractivity contribution in [3.8, 4) is 0 Å². The highest BCUT2D eigenvalue weighted by Crippen LogP contribution is 2.29. The number of unbranched alkanes of at least 4 members (excludes halogenated alkanes) is 1. The van der Waals surface area contributed by atoms with Gasteiger partial charge >= 0.3 is 0 Å². The molecule has 3 rings (SSSR count). The van der Waals surface area contributed by atoms with Gasteiger partial charge in [-0.15, -0.1) is 0 Å². The second-order valence-electron chi connectivity index (χ2n) is 6.12. The topological polar surface area (TPSA) is 0 Å². The van der Waals surface area contributed by atoms with Gasteiger partial charge in [0.15, 0.2) is 0 Å². The van der Waals surface area contributed by atoms with E-state index in [1.54, 1.807) is 0 Å². The number of allylic oxidation sites excluding steroid dienone is 1. The Balaban J connectivity index is 1.62. The molecule has 0 heterocycles. The summed E-state index contributed by atoms with van der Waals surface area (Å²) >= 11 is 0. The van der Waals surface area contributed by atoms with Crippen molar-refractivity contribution in [2.75, 3.05) is 0 Å². The van der Waals surface area contributed by atoms with Crippen molar-refractivity contribution in [1.29, 1.82) is 0 Å². The predicted molar refractivity (Wildman–Crippen MR) is 104 cm³/mol. The van der Waals surface area contributed by atoms with Crippen LogP contribution in [-0.2, 0) is 0 Å². The van der Waals surface area contributed by atoms with E-state index < -0.39 is 0 Å². The monoisotopic (exact) mass is 312 g/mol. The third-order valence-electron chi connectivity index (χ3n) is 4.38. The van der Waals surface area contributed by atoms with Gasteiger partial charge in [0.05, 0.1) is 0 Å². The van der Waals surface area contributed by atoms with Crippen LogP contribution < -0.4 is 0 Å². The normalized spacial score (nSPS) is 11.2. The molecule has 0 N–H and O–H groups in total. The molecule has 0 fully saturated rings. The van der Waals surface area contributed by atoms with Crippen LogP contribution in [0.15, 0.2) is 97.1 Å². The lowest BCUT2D eigenvalue weighted by atomic mass is 9.87. The van der Waals surface area contributed by atoms with Gasteiger partial charge in [0, 0.05) is 5.92 Å². The molecule has 0 saturated heterocycles. The molecule has 0 atom stereocenters. The fourth-order valence-corrected chi connectivity index (χ4v) is 3.12. The van der Waals surface area contributed by atoms with Crippen LogP contribution in [0.4, 0.5) is 0 Å². The first-order valence-electron chi connectivity index (χ1n) is 8.75. The molecule has 0 saturated carbocycles. The van der Waals surface area contributed by atoms with Gasteiger partial charge in [0.25, 0.3) is 0 Å². The summed E-state index contributed by atoms with van der Waals surface area (Å²) in [7, 11) is 0. The Bertz CT molecular complexity index is 687. The number of hydrogen-bond donors (Lipinski definition) is 0. The van der Waals surface area contributed by atoms with E-state index in [-0.39, 0.29) is 0 Å². The van der Waals surface area contributed by atoms with Gasteiger partial charge in [-0.25, -0.2) is 0 Å². The van der Waals surface area contributed by atoms with Crippen molar-refractivity contribution in [1.82, 2.24) is 0 Å². The lowest BCUT2D eigenvalue weighted by Gasteiger charge is -2.17. The van der Waals surface area contributed by atoms with E-state index in [2.05, 4.69) is 103 Å². The maximum atomic E-state index is 2.29. The second kappa shape index (κ2) is 8.88. The van der Waals surface area contributed by atoms with Crippen LogP contribution >= 0.6 is 0 Å². The van der Waals surface area contributed by atoms with Gasteiger partial charge in [-0.2, -0.15) is 0 Å². The number of benzene rings is 3. The third-order valence-corrected chi connectivity index (χ3v) is 4.38. The first-order chi connectivity index (χ1) is 11.9. The first kappa shape index (κ1) is 16.3. The summed E-state index contributed by atoms with van der Waals surface area (Å²) in [6.07, 6.45) is 8.00. The lowest BCUT2D eigenvalue weighted by Crippen LogP contribution is -2.00. The van der Waals surface area contributed by atoms with E-state index in [9.17, 15) is 0 Å². The average molecular weight is 312 g/mol. The van der Waals surface area contributed by atoms with Crippen LogP contribution in [0.25, 0.3) is 6.08 Å². The van der Waals surface area contributed by atoms with Crippen molar-refractivity contribution in [3.63, 3.8) is 0 Å². The molecule has 3 aromatic rings. The van der Waals surface area contributed by atoms with Gasteiger partial charge < -0.3 is 0 Å². The summed E-state index contributed by atoms with van der Waals surface area (Å²) in [6, 6.07) is 32.2. The Morgan fingerprint density at radius 2 is 1.12 bits per heavy atom. The van der Waals surface area contributed by atoms with Crippen LogP contribution in [0, 0.1) is 0 Å². The third kappa shape index (κ3) is 4.70. The van der Waals surface area contributed by atoms with E-state index in [1.807, 2.05) is 0 Å². The zero-order valence-electron chi connectivity index (χ0n) is 14.0. The highest BCUT2D eigenvalue weighted by Gasteiger charge is 2.12. The van der Waals surface area contributed by atoms with Crippen LogP contribution in [0.2, 0.25) is 0 Å². The summed E-state index contributed by atoms with van der Waals surface area (Å²) in [5.74, 6) is 0.484. The largest absolute Gasteiger partial charge is 0.0839 e. The Hall–Kier alpha value is -2.60. The Morgan fingerprint density at radius 1 is 0.625 bits per heavy atom. The maximum Gasteiger partial charge on any atom is 0.00894 e. The van der Waals surface area contributed by atoms with Crippen LogP contribution in [0.5, 0.6) is 0 Å². The molecule has 0 aliphatic heterocycles. The van der Waals surface area contributed by atoms with E-state index in [0.29, 0.717) is 5.92 Å². The second-order valence-corrected chi connectivity index (χ2v) is 6.12. The van der Waals surface area contributed by atoms with Crippen LogP contribution in [0.3, 0.4) is 0 Å².